The first-order chi connectivity index (χ1) is 6.88. The van der Waals surface area contributed by atoms with Crippen LogP contribution in [0.1, 0.15) is 0 Å². The van der Waals surface area contributed by atoms with Crippen molar-refractivity contribution in [1.29, 1.82) is 0 Å². The molecular formula is C12H8NO. The molecular weight excluding hydrogens is 174 g/mol. The van der Waals surface area contributed by atoms with Crippen molar-refractivity contribution < 1.29 is 5.06 Å². The third kappa shape index (κ3) is 0.867. The smallest absolute Gasteiger partial charge is 0.152 e. The van der Waals surface area contributed by atoms with Crippen molar-refractivity contribution in [3.05, 3.63) is 53.7 Å². The Kier molecular flexibility index (Phi) is 1.48. The van der Waals surface area contributed by atoms with Crippen LogP contribution in [0.2, 0.25) is 0 Å². The summed E-state index contributed by atoms with van der Waals surface area (Å²) in [4.78, 5) is 0. The van der Waals surface area contributed by atoms with Crippen LogP contribution in [0.15, 0.2) is 42.5 Å². The second-order valence-corrected chi connectivity index (χ2v) is 3.33. The van der Waals surface area contributed by atoms with Crippen LogP contribution in [0.25, 0.3) is 11.1 Å². The molecule has 1 aliphatic rings. The maximum absolute atomic E-state index is 11.9. The molecule has 0 saturated carbocycles. The van der Waals surface area contributed by atoms with Gasteiger partial charge in [0.15, 0.2) is 5.69 Å². The van der Waals surface area contributed by atoms with E-state index in [1.165, 1.54) is 0 Å². The van der Waals surface area contributed by atoms with E-state index in [4.69, 9.17) is 0 Å². The Hall–Kier alpha value is -1.64. The molecule has 0 aromatic heterocycles. The first kappa shape index (κ1) is 7.74. The van der Waals surface area contributed by atoms with E-state index in [2.05, 4.69) is 6.07 Å². The summed E-state index contributed by atoms with van der Waals surface area (Å²) in [6.45, 7) is 0. The third-order valence-electron chi connectivity index (χ3n) is 2.55. The summed E-state index contributed by atoms with van der Waals surface area (Å²) in [5.41, 5.74) is 3.54. The van der Waals surface area contributed by atoms with Gasteiger partial charge in [0.1, 0.15) is 5.69 Å². The molecule has 2 nitrogen and oxygen atoms in total. The van der Waals surface area contributed by atoms with Gasteiger partial charge < -0.3 is 10.3 Å². The Labute approximate surface area is 82.0 Å². The van der Waals surface area contributed by atoms with Crippen molar-refractivity contribution >= 4 is 11.4 Å². The minimum Gasteiger partial charge on any atom is -0.623 e. The van der Waals surface area contributed by atoms with Gasteiger partial charge in [-0.05, 0) is 18.2 Å². The largest absolute Gasteiger partial charge is 0.623 e. The fraction of sp³-hybridized carbons (Fsp3) is 0. The van der Waals surface area contributed by atoms with Crippen LogP contribution < -0.4 is 5.06 Å². The van der Waals surface area contributed by atoms with Crippen molar-refractivity contribution in [2.24, 2.45) is 0 Å². The number of benzene rings is 2. The number of nitrogens with one attached hydrogen (secondary N) is 1. The summed E-state index contributed by atoms with van der Waals surface area (Å²) in [7, 11) is 0. The van der Waals surface area contributed by atoms with E-state index >= 15 is 0 Å². The fourth-order valence-corrected chi connectivity index (χ4v) is 1.90. The van der Waals surface area contributed by atoms with E-state index in [1.54, 1.807) is 6.07 Å². The Morgan fingerprint density at radius 2 is 1.79 bits per heavy atom. The van der Waals surface area contributed by atoms with E-state index in [9.17, 15) is 5.21 Å². The van der Waals surface area contributed by atoms with E-state index in [0.717, 1.165) is 16.8 Å². The van der Waals surface area contributed by atoms with Crippen LogP contribution in [0.4, 0.5) is 11.4 Å². The van der Waals surface area contributed by atoms with Gasteiger partial charge in [0.25, 0.3) is 0 Å². The van der Waals surface area contributed by atoms with Crippen LogP contribution in [-0.4, -0.2) is 0 Å². The standard InChI is InChI=1S/C12H8NO/c14-13-11-7-3-1-5-9(11)10-6-2-4-8-12(10)13/h1-7,13H. The quantitative estimate of drug-likeness (QED) is 0.618. The number of hydrogen-bond donors (Lipinski definition) is 1. The zero-order valence-electron chi connectivity index (χ0n) is 7.45. The molecule has 0 fully saturated rings. The molecule has 0 aliphatic carbocycles. The Bertz CT molecular complexity index is 448. The number of fused-ring (bicyclic) bond motifs is 3. The van der Waals surface area contributed by atoms with Gasteiger partial charge in [-0.25, -0.2) is 0 Å². The van der Waals surface area contributed by atoms with Gasteiger partial charge in [-0.3, -0.25) is 0 Å². The van der Waals surface area contributed by atoms with E-state index in [0.29, 0.717) is 5.69 Å². The monoisotopic (exact) mass is 182 g/mol. The van der Waals surface area contributed by atoms with E-state index < -0.39 is 0 Å². The highest BCUT2D eigenvalue weighted by Gasteiger charge is 2.25. The van der Waals surface area contributed by atoms with Gasteiger partial charge in [-0.1, -0.05) is 18.2 Å². The molecule has 0 spiro atoms. The lowest BCUT2D eigenvalue weighted by molar-refractivity contribution is -0.694. The molecule has 1 N–H and O–H groups in total. The lowest BCUT2D eigenvalue weighted by Gasteiger charge is -2.15. The lowest BCUT2D eigenvalue weighted by Crippen LogP contribution is -2.95. The van der Waals surface area contributed by atoms with Crippen molar-refractivity contribution in [3.8, 4) is 11.1 Å². The van der Waals surface area contributed by atoms with Gasteiger partial charge in [0, 0.05) is 11.6 Å². The normalized spacial score (nSPS) is 13.8. The number of para-hydroxylation sites is 2. The summed E-state index contributed by atoms with van der Waals surface area (Å²) in [6.07, 6.45) is 0. The summed E-state index contributed by atoms with van der Waals surface area (Å²) in [5, 5.41) is 12.0. The van der Waals surface area contributed by atoms with Crippen LogP contribution in [0, 0.1) is 11.3 Å². The highest BCUT2D eigenvalue weighted by atomic mass is 16.5. The van der Waals surface area contributed by atoms with Crippen molar-refractivity contribution in [3.63, 3.8) is 0 Å². The maximum atomic E-state index is 11.9. The molecule has 2 aromatic rings. The predicted octanol–water partition coefficient (Wildman–Crippen LogP) is 1.81. The third-order valence-corrected chi connectivity index (χ3v) is 2.55. The summed E-state index contributed by atoms with van der Waals surface area (Å²) in [5.74, 6) is 0. The SMILES string of the molecule is [O-][NH+]1c2[c]cccc2-c2ccccc21. The van der Waals surface area contributed by atoms with Crippen LogP contribution in [0.5, 0.6) is 0 Å². The average Bonchev–Trinajstić information content (AvgIpc) is 2.55. The minimum absolute atomic E-state index is 0.0937. The van der Waals surface area contributed by atoms with Crippen LogP contribution in [-0.2, 0) is 0 Å². The number of hydrogen-bond acceptors (Lipinski definition) is 1. The van der Waals surface area contributed by atoms with E-state index in [-0.39, 0.29) is 5.06 Å². The van der Waals surface area contributed by atoms with Crippen LogP contribution >= 0.6 is 0 Å². The molecule has 1 heterocycles. The highest BCUT2D eigenvalue weighted by molar-refractivity contribution is 5.84. The van der Waals surface area contributed by atoms with Gasteiger partial charge in [-0.15, -0.1) is 0 Å². The fourth-order valence-electron chi connectivity index (χ4n) is 1.90. The molecule has 1 atom stereocenters. The molecule has 1 aliphatic heterocycles. The number of quaternary nitrogens is 1. The van der Waals surface area contributed by atoms with Gasteiger partial charge in [0.2, 0.25) is 0 Å². The second kappa shape index (κ2) is 2.67. The predicted molar refractivity (Wildman–Crippen MR) is 54.4 cm³/mol. The van der Waals surface area contributed by atoms with Gasteiger partial charge >= 0.3 is 0 Å². The van der Waals surface area contributed by atoms with Crippen molar-refractivity contribution in [2.45, 2.75) is 0 Å². The zero-order chi connectivity index (χ0) is 9.54. The lowest BCUT2D eigenvalue weighted by atomic mass is 10.1. The van der Waals surface area contributed by atoms with Crippen LogP contribution in [0.3, 0.4) is 0 Å². The molecule has 0 saturated heterocycles. The highest BCUT2D eigenvalue weighted by Crippen LogP contribution is 2.35. The molecule has 3 rings (SSSR count). The first-order valence-corrected chi connectivity index (χ1v) is 4.53. The summed E-state index contributed by atoms with van der Waals surface area (Å²) >= 11 is 0. The van der Waals surface area contributed by atoms with Gasteiger partial charge in [-0.2, -0.15) is 0 Å². The zero-order valence-corrected chi connectivity index (χ0v) is 7.45. The maximum Gasteiger partial charge on any atom is 0.152 e. The topological polar surface area (TPSA) is 27.5 Å². The molecule has 0 bridgehead atoms. The van der Waals surface area contributed by atoms with Gasteiger partial charge in [0.05, 0.1) is 11.6 Å². The Morgan fingerprint density at radius 3 is 2.71 bits per heavy atom. The molecule has 14 heavy (non-hydrogen) atoms. The minimum atomic E-state index is 0.0937. The molecule has 67 valence electrons. The second-order valence-electron chi connectivity index (χ2n) is 3.33. The molecule has 1 unspecified atom stereocenters. The Morgan fingerprint density at radius 1 is 1.00 bits per heavy atom. The molecule has 2 heteroatoms. The molecule has 1 radical (unpaired) electrons. The van der Waals surface area contributed by atoms with Crippen molar-refractivity contribution in [1.82, 2.24) is 0 Å². The summed E-state index contributed by atoms with van der Waals surface area (Å²) < 4.78 is 0. The summed E-state index contributed by atoms with van der Waals surface area (Å²) in [6, 6.07) is 16.3. The van der Waals surface area contributed by atoms with E-state index in [1.807, 2.05) is 36.4 Å². The number of rotatable bonds is 0. The van der Waals surface area contributed by atoms with Crippen molar-refractivity contribution in [2.75, 3.05) is 0 Å². The average molecular weight is 182 g/mol. The molecule has 2 aromatic carbocycles. The molecule has 0 amide bonds. The first-order valence-electron chi connectivity index (χ1n) is 4.53. The Balaban J connectivity index is 2.36.